The third kappa shape index (κ3) is 3.52. The van der Waals surface area contributed by atoms with Gasteiger partial charge in [-0.15, -0.1) is 0 Å². The average Bonchev–Trinajstić information content (AvgIpc) is 1.93. The van der Waals surface area contributed by atoms with Crippen molar-refractivity contribution >= 4 is 0 Å². The molecule has 1 heterocycles. The highest BCUT2D eigenvalue weighted by atomic mass is 16.7. The second kappa shape index (κ2) is 4.80. The molecule has 3 nitrogen and oxygen atoms in total. The van der Waals surface area contributed by atoms with Gasteiger partial charge in [0.25, 0.3) is 0 Å². The summed E-state index contributed by atoms with van der Waals surface area (Å²) >= 11 is 0. The first-order valence-corrected chi connectivity index (χ1v) is 4.53. The molecule has 0 saturated carbocycles. The molecule has 0 spiro atoms. The van der Waals surface area contributed by atoms with Gasteiger partial charge in [0.2, 0.25) is 0 Å². The Hall–Kier alpha value is -0.120. The van der Waals surface area contributed by atoms with Crippen LogP contribution in [-0.4, -0.2) is 32.2 Å². The maximum Gasteiger partial charge on any atom is 0.155 e. The van der Waals surface area contributed by atoms with E-state index in [-0.39, 0.29) is 12.4 Å². The second-order valence-electron chi connectivity index (χ2n) is 3.59. The molecule has 1 saturated heterocycles. The van der Waals surface area contributed by atoms with E-state index in [4.69, 9.17) is 14.2 Å². The van der Waals surface area contributed by atoms with Crippen molar-refractivity contribution < 1.29 is 14.2 Å². The fraction of sp³-hybridized carbons (Fsp3) is 1.00. The monoisotopic (exact) mass is 174 g/mol. The van der Waals surface area contributed by atoms with E-state index in [2.05, 4.69) is 13.8 Å². The fourth-order valence-electron chi connectivity index (χ4n) is 0.931. The summed E-state index contributed by atoms with van der Waals surface area (Å²) in [6, 6.07) is 0. The standard InChI is InChI=1S/C9H18O3/c1-7(2)4-11-8(3)12-9-5-10-6-9/h7-9H,4-6H2,1-3H3. The van der Waals surface area contributed by atoms with Crippen LogP contribution in [0.2, 0.25) is 0 Å². The predicted molar refractivity (Wildman–Crippen MR) is 45.9 cm³/mol. The number of hydrogen-bond donors (Lipinski definition) is 0. The van der Waals surface area contributed by atoms with E-state index in [0.717, 1.165) is 19.8 Å². The lowest BCUT2D eigenvalue weighted by molar-refractivity contribution is -0.223. The lowest BCUT2D eigenvalue weighted by atomic mass is 10.2. The van der Waals surface area contributed by atoms with E-state index in [0.29, 0.717) is 5.92 Å². The van der Waals surface area contributed by atoms with Crippen molar-refractivity contribution in [3.05, 3.63) is 0 Å². The Bertz CT molecular complexity index is 121. The molecular formula is C9H18O3. The van der Waals surface area contributed by atoms with Gasteiger partial charge in [0.05, 0.1) is 19.8 Å². The van der Waals surface area contributed by atoms with Crippen molar-refractivity contribution in [3.63, 3.8) is 0 Å². The van der Waals surface area contributed by atoms with Gasteiger partial charge >= 0.3 is 0 Å². The number of hydrogen-bond acceptors (Lipinski definition) is 3. The van der Waals surface area contributed by atoms with Gasteiger partial charge in [-0.1, -0.05) is 13.8 Å². The van der Waals surface area contributed by atoms with Gasteiger partial charge in [-0.05, 0) is 12.8 Å². The molecular weight excluding hydrogens is 156 g/mol. The molecule has 1 unspecified atom stereocenters. The van der Waals surface area contributed by atoms with E-state index < -0.39 is 0 Å². The Kier molecular flexibility index (Phi) is 3.98. The summed E-state index contributed by atoms with van der Waals surface area (Å²) in [7, 11) is 0. The van der Waals surface area contributed by atoms with Crippen LogP contribution in [0.1, 0.15) is 20.8 Å². The summed E-state index contributed by atoms with van der Waals surface area (Å²) in [5, 5.41) is 0. The summed E-state index contributed by atoms with van der Waals surface area (Å²) in [4.78, 5) is 0. The first-order chi connectivity index (χ1) is 5.68. The third-order valence-electron chi connectivity index (χ3n) is 1.66. The van der Waals surface area contributed by atoms with Crippen LogP contribution in [0, 0.1) is 5.92 Å². The molecule has 1 aliphatic rings. The Morgan fingerprint density at radius 1 is 1.33 bits per heavy atom. The van der Waals surface area contributed by atoms with Gasteiger partial charge in [0.15, 0.2) is 6.29 Å². The van der Waals surface area contributed by atoms with Crippen molar-refractivity contribution in [2.24, 2.45) is 5.92 Å². The van der Waals surface area contributed by atoms with Crippen LogP contribution in [0.4, 0.5) is 0 Å². The fourth-order valence-corrected chi connectivity index (χ4v) is 0.931. The van der Waals surface area contributed by atoms with E-state index in [1.54, 1.807) is 0 Å². The Labute approximate surface area is 74.0 Å². The maximum atomic E-state index is 5.49. The molecule has 0 aromatic heterocycles. The van der Waals surface area contributed by atoms with Crippen LogP contribution in [0.15, 0.2) is 0 Å². The summed E-state index contributed by atoms with van der Waals surface area (Å²) < 4.78 is 15.9. The second-order valence-corrected chi connectivity index (χ2v) is 3.59. The SMILES string of the molecule is CC(C)COC(C)OC1COC1. The van der Waals surface area contributed by atoms with Crippen LogP contribution in [0.5, 0.6) is 0 Å². The molecule has 0 radical (unpaired) electrons. The molecule has 1 atom stereocenters. The van der Waals surface area contributed by atoms with E-state index >= 15 is 0 Å². The molecule has 12 heavy (non-hydrogen) atoms. The van der Waals surface area contributed by atoms with Crippen LogP contribution >= 0.6 is 0 Å². The zero-order valence-corrected chi connectivity index (χ0v) is 8.08. The van der Waals surface area contributed by atoms with Crippen molar-refractivity contribution in [1.82, 2.24) is 0 Å². The van der Waals surface area contributed by atoms with E-state index in [9.17, 15) is 0 Å². The topological polar surface area (TPSA) is 27.7 Å². The first-order valence-electron chi connectivity index (χ1n) is 4.53. The molecule has 0 amide bonds. The van der Waals surface area contributed by atoms with E-state index in [1.807, 2.05) is 6.92 Å². The molecule has 0 bridgehead atoms. The molecule has 0 aromatic carbocycles. The lowest BCUT2D eigenvalue weighted by Crippen LogP contribution is -2.39. The zero-order valence-electron chi connectivity index (χ0n) is 8.08. The van der Waals surface area contributed by atoms with Crippen molar-refractivity contribution in [1.29, 1.82) is 0 Å². The maximum absolute atomic E-state index is 5.49. The molecule has 0 N–H and O–H groups in total. The minimum Gasteiger partial charge on any atom is -0.376 e. The Morgan fingerprint density at radius 2 is 2.00 bits per heavy atom. The summed E-state index contributed by atoms with van der Waals surface area (Å²) in [6.07, 6.45) is 0.161. The first kappa shape index (κ1) is 9.96. The Balaban J connectivity index is 1.98. The zero-order chi connectivity index (χ0) is 8.97. The highest BCUT2D eigenvalue weighted by Crippen LogP contribution is 2.09. The largest absolute Gasteiger partial charge is 0.376 e. The molecule has 0 aliphatic carbocycles. The summed E-state index contributed by atoms with van der Waals surface area (Å²) in [5.41, 5.74) is 0. The minimum atomic E-state index is -0.0960. The van der Waals surface area contributed by atoms with Crippen LogP contribution in [0.25, 0.3) is 0 Å². The summed E-state index contributed by atoms with van der Waals surface area (Å²) in [6.45, 7) is 8.37. The lowest BCUT2D eigenvalue weighted by Gasteiger charge is -2.29. The molecule has 1 aliphatic heterocycles. The highest BCUT2D eigenvalue weighted by Gasteiger charge is 2.21. The molecule has 72 valence electrons. The van der Waals surface area contributed by atoms with Gasteiger partial charge in [-0.2, -0.15) is 0 Å². The quantitative estimate of drug-likeness (QED) is 0.590. The normalized spacial score (nSPS) is 21.0. The van der Waals surface area contributed by atoms with Gasteiger partial charge in [0, 0.05) is 0 Å². The third-order valence-corrected chi connectivity index (χ3v) is 1.66. The van der Waals surface area contributed by atoms with Crippen LogP contribution < -0.4 is 0 Å². The van der Waals surface area contributed by atoms with Gasteiger partial charge < -0.3 is 14.2 Å². The highest BCUT2D eigenvalue weighted by molar-refractivity contribution is 4.64. The van der Waals surface area contributed by atoms with Gasteiger partial charge in [-0.25, -0.2) is 0 Å². The molecule has 3 heteroatoms. The number of ether oxygens (including phenoxy) is 3. The van der Waals surface area contributed by atoms with Crippen molar-refractivity contribution in [2.75, 3.05) is 19.8 Å². The van der Waals surface area contributed by atoms with Gasteiger partial charge in [-0.3, -0.25) is 0 Å². The molecule has 1 fully saturated rings. The molecule has 0 aromatic rings. The predicted octanol–water partition coefficient (Wildman–Crippen LogP) is 1.42. The van der Waals surface area contributed by atoms with E-state index in [1.165, 1.54) is 0 Å². The number of rotatable bonds is 5. The smallest absolute Gasteiger partial charge is 0.155 e. The van der Waals surface area contributed by atoms with Crippen molar-refractivity contribution in [3.8, 4) is 0 Å². The minimum absolute atomic E-state index is 0.0960. The van der Waals surface area contributed by atoms with Crippen molar-refractivity contribution in [2.45, 2.75) is 33.2 Å². The average molecular weight is 174 g/mol. The van der Waals surface area contributed by atoms with Gasteiger partial charge in [0.1, 0.15) is 6.10 Å². The Morgan fingerprint density at radius 3 is 2.42 bits per heavy atom. The van der Waals surface area contributed by atoms with Crippen LogP contribution in [0.3, 0.4) is 0 Å². The van der Waals surface area contributed by atoms with Crippen LogP contribution in [-0.2, 0) is 14.2 Å². The summed E-state index contributed by atoms with van der Waals surface area (Å²) in [5.74, 6) is 0.564. The molecule has 1 rings (SSSR count).